The zero-order valence-electron chi connectivity index (χ0n) is 9.59. The Morgan fingerprint density at radius 1 is 1.47 bits per heavy atom. The number of furan rings is 1. The normalized spacial score (nSPS) is 12.4. The molecule has 1 atom stereocenters. The molecule has 5 heteroatoms. The Kier molecular flexibility index (Phi) is 3.74. The molecule has 3 N–H and O–H groups in total. The van der Waals surface area contributed by atoms with Crippen LogP contribution in [0.25, 0.3) is 0 Å². The topological polar surface area (TPSA) is 73.3 Å². The van der Waals surface area contributed by atoms with E-state index in [0.717, 1.165) is 16.9 Å². The first kappa shape index (κ1) is 11.6. The molecule has 0 bridgehead atoms. The second-order valence-corrected chi connectivity index (χ2v) is 3.54. The summed E-state index contributed by atoms with van der Waals surface area (Å²) in [6.07, 6.45) is 6.69. The highest BCUT2D eigenvalue weighted by molar-refractivity contribution is 5.32. The van der Waals surface area contributed by atoms with Gasteiger partial charge < -0.3 is 9.15 Å². The van der Waals surface area contributed by atoms with Crippen molar-refractivity contribution in [2.24, 2.45) is 5.84 Å². The number of aromatic nitrogens is 1. The summed E-state index contributed by atoms with van der Waals surface area (Å²) >= 11 is 0. The summed E-state index contributed by atoms with van der Waals surface area (Å²) in [7, 11) is 0. The number of nitrogens with one attached hydrogen (secondary N) is 1. The monoisotopic (exact) mass is 233 g/mol. The van der Waals surface area contributed by atoms with Gasteiger partial charge in [0.05, 0.1) is 31.4 Å². The van der Waals surface area contributed by atoms with Crippen LogP contribution in [0.3, 0.4) is 0 Å². The van der Waals surface area contributed by atoms with Gasteiger partial charge in [-0.2, -0.15) is 0 Å². The molecule has 0 saturated heterocycles. The Morgan fingerprint density at radius 2 is 2.35 bits per heavy atom. The van der Waals surface area contributed by atoms with Gasteiger partial charge in [-0.3, -0.25) is 10.8 Å². The van der Waals surface area contributed by atoms with Gasteiger partial charge in [-0.05, 0) is 24.6 Å². The molecule has 2 aromatic rings. The lowest BCUT2D eigenvalue weighted by Crippen LogP contribution is -2.28. The number of ether oxygens (including phenoxy) is 1. The molecule has 0 aromatic carbocycles. The highest BCUT2D eigenvalue weighted by atomic mass is 16.5. The van der Waals surface area contributed by atoms with Gasteiger partial charge in [0.15, 0.2) is 0 Å². The van der Waals surface area contributed by atoms with E-state index in [2.05, 4.69) is 10.4 Å². The number of pyridine rings is 1. The summed E-state index contributed by atoms with van der Waals surface area (Å²) in [5.74, 6) is 6.29. The molecule has 2 heterocycles. The van der Waals surface area contributed by atoms with Crippen molar-refractivity contribution in [3.05, 3.63) is 48.2 Å². The van der Waals surface area contributed by atoms with Crippen LogP contribution in [-0.2, 0) is 0 Å². The lowest BCUT2D eigenvalue weighted by Gasteiger charge is -2.15. The van der Waals surface area contributed by atoms with Crippen molar-refractivity contribution in [2.75, 3.05) is 6.61 Å². The van der Waals surface area contributed by atoms with Crippen molar-refractivity contribution in [2.45, 2.75) is 13.0 Å². The lowest BCUT2D eigenvalue weighted by molar-refractivity contribution is 0.338. The second-order valence-electron chi connectivity index (χ2n) is 3.54. The molecule has 0 aliphatic carbocycles. The van der Waals surface area contributed by atoms with Crippen LogP contribution in [-0.4, -0.2) is 11.6 Å². The van der Waals surface area contributed by atoms with E-state index in [1.54, 1.807) is 24.9 Å². The summed E-state index contributed by atoms with van der Waals surface area (Å²) < 4.78 is 10.5. The predicted octanol–water partition coefficient (Wildman–Crippen LogP) is 1.63. The fraction of sp³-hybridized carbons (Fsp3) is 0.250. The molecule has 1 unspecified atom stereocenters. The Bertz CT molecular complexity index is 457. The highest BCUT2D eigenvalue weighted by Crippen LogP contribution is 2.23. The molecular formula is C12H15N3O2. The van der Waals surface area contributed by atoms with E-state index in [4.69, 9.17) is 15.0 Å². The van der Waals surface area contributed by atoms with Crippen LogP contribution in [0.1, 0.15) is 24.1 Å². The quantitative estimate of drug-likeness (QED) is 0.606. The van der Waals surface area contributed by atoms with Crippen molar-refractivity contribution in [1.82, 2.24) is 10.4 Å². The average molecular weight is 233 g/mol. The first-order valence-corrected chi connectivity index (χ1v) is 5.41. The van der Waals surface area contributed by atoms with Gasteiger partial charge in [0, 0.05) is 11.8 Å². The summed E-state index contributed by atoms with van der Waals surface area (Å²) in [5.41, 5.74) is 4.61. The highest BCUT2D eigenvalue weighted by Gasteiger charge is 2.14. The van der Waals surface area contributed by atoms with Crippen LogP contribution in [0.4, 0.5) is 0 Å². The molecule has 0 saturated carbocycles. The number of hydrogen-bond acceptors (Lipinski definition) is 5. The van der Waals surface area contributed by atoms with Gasteiger partial charge in [0.2, 0.25) is 0 Å². The fourth-order valence-corrected chi connectivity index (χ4v) is 1.66. The first-order chi connectivity index (χ1) is 8.35. The summed E-state index contributed by atoms with van der Waals surface area (Å²) in [5, 5.41) is 0. The molecule has 17 heavy (non-hydrogen) atoms. The molecule has 2 aromatic heterocycles. The number of nitrogens with zero attached hydrogens (tertiary/aromatic N) is 1. The van der Waals surface area contributed by atoms with Crippen LogP contribution in [0, 0.1) is 0 Å². The van der Waals surface area contributed by atoms with Gasteiger partial charge in [-0.25, -0.2) is 5.43 Å². The van der Waals surface area contributed by atoms with Crippen LogP contribution in [0.5, 0.6) is 5.75 Å². The second kappa shape index (κ2) is 5.47. The molecule has 90 valence electrons. The van der Waals surface area contributed by atoms with Gasteiger partial charge >= 0.3 is 0 Å². The largest absolute Gasteiger partial charge is 0.492 e. The predicted molar refractivity (Wildman–Crippen MR) is 63.3 cm³/mol. The average Bonchev–Trinajstić information content (AvgIpc) is 2.85. The fourth-order valence-electron chi connectivity index (χ4n) is 1.66. The number of nitrogens with two attached hydrogens (primary N) is 1. The van der Waals surface area contributed by atoms with Crippen LogP contribution in [0.15, 0.2) is 41.5 Å². The van der Waals surface area contributed by atoms with E-state index in [9.17, 15) is 0 Å². The smallest absolute Gasteiger partial charge is 0.137 e. The maximum Gasteiger partial charge on any atom is 0.137 e. The first-order valence-electron chi connectivity index (χ1n) is 5.41. The maximum absolute atomic E-state index is 5.56. The number of hydrazine groups is 1. The third-order valence-electron chi connectivity index (χ3n) is 2.42. The minimum absolute atomic E-state index is 0.151. The molecule has 0 radical (unpaired) electrons. The Labute approximate surface area is 99.6 Å². The van der Waals surface area contributed by atoms with Gasteiger partial charge in [0.25, 0.3) is 0 Å². The molecule has 0 amide bonds. The molecular weight excluding hydrogens is 218 g/mol. The lowest BCUT2D eigenvalue weighted by atomic mass is 10.0. The van der Waals surface area contributed by atoms with Gasteiger partial charge in [0.1, 0.15) is 5.75 Å². The molecule has 0 aliphatic heterocycles. The standard InChI is InChI=1S/C12H15N3O2/c1-2-17-11-5-10(6-14-7-11)12(15-13)9-3-4-16-8-9/h3-8,12,15H,2,13H2,1H3. The van der Waals surface area contributed by atoms with E-state index in [1.807, 2.05) is 19.1 Å². The minimum Gasteiger partial charge on any atom is -0.492 e. The van der Waals surface area contributed by atoms with Crippen LogP contribution in [0.2, 0.25) is 0 Å². The van der Waals surface area contributed by atoms with Crippen molar-refractivity contribution >= 4 is 0 Å². The van der Waals surface area contributed by atoms with Crippen LogP contribution < -0.4 is 16.0 Å². The van der Waals surface area contributed by atoms with E-state index in [1.165, 1.54) is 0 Å². The molecule has 0 aliphatic rings. The van der Waals surface area contributed by atoms with E-state index in [0.29, 0.717) is 6.61 Å². The Hall–Kier alpha value is -1.85. The zero-order valence-corrected chi connectivity index (χ0v) is 9.59. The molecule has 0 fully saturated rings. The SMILES string of the molecule is CCOc1cncc(C(NN)c2ccoc2)c1. The van der Waals surface area contributed by atoms with Gasteiger partial charge in [-0.15, -0.1) is 0 Å². The third kappa shape index (κ3) is 2.64. The van der Waals surface area contributed by atoms with Gasteiger partial charge in [-0.1, -0.05) is 0 Å². The summed E-state index contributed by atoms with van der Waals surface area (Å²) in [4.78, 5) is 4.13. The maximum atomic E-state index is 5.56. The Morgan fingerprint density at radius 3 is 3.00 bits per heavy atom. The van der Waals surface area contributed by atoms with Crippen LogP contribution >= 0.6 is 0 Å². The molecule has 2 rings (SSSR count). The number of rotatable bonds is 5. The molecule has 0 spiro atoms. The summed E-state index contributed by atoms with van der Waals surface area (Å²) in [6.45, 7) is 2.54. The minimum atomic E-state index is -0.151. The van der Waals surface area contributed by atoms with Crippen molar-refractivity contribution in [3.8, 4) is 5.75 Å². The zero-order chi connectivity index (χ0) is 12.1. The van der Waals surface area contributed by atoms with E-state index >= 15 is 0 Å². The summed E-state index contributed by atoms with van der Waals surface area (Å²) in [6, 6.07) is 3.62. The van der Waals surface area contributed by atoms with E-state index < -0.39 is 0 Å². The van der Waals surface area contributed by atoms with Crippen molar-refractivity contribution in [1.29, 1.82) is 0 Å². The third-order valence-corrected chi connectivity index (χ3v) is 2.42. The van der Waals surface area contributed by atoms with Crippen molar-refractivity contribution < 1.29 is 9.15 Å². The Balaban J connectivity index is 2.28. The van der Waals surface area contributed by atoms with E-state index in [-0.39, 0.29) is 6.04 Å². The van der Waals surface area contributed by atoms with Crippen molar-refractivity contribution in [3.63, 3.8) is 0 Å². The number of hydrogen-bond donors (Lipinski definition) is 2. The molecule has 5 nitrogen and oxygen atoms in total.